The molecule has 0 bridgehead atoms. The Balaban J connectivity index is 1.46. The van der Waals surface area contributed by atoms with E-state index in [1.165, 1.54) is 25.7 Å². The fourth-order valence-electron chi connectivity index (χ4n) is 3.56. The highest BCUT2D eigenvalue weighted by atomic mass is 32.1. The predicted molar refractivity (Wildman–Crippen MR) is 96.0 cm³/mol. The van der Waals surface area contributed by atoms with E-state index in [9.17, 15) is 4.79 Å². The summed E-state index contributed by atoms with van der Waals surface area (Å²) in [5, 5.41) is 10.4. The highest BCUT2D eigenvalue weighted by molar-refractivity contribution is 7.11. The van der Waals surface area contributed by atoms with Gasteiger partial charge in [0.1, 0.15) is 10.0 Å². The fraction of sp³-hybridized carbons (Fsp3) is 0.824. The van der Waals surface area contributed by atoms with Crippen molar-refractivity contribution in [3.8, 4) is 0 Å². The average molecular weight is 352 g/mol. The lowest BCUT2D eigenvalue weighted by Crippen LogP contribution is -2.42. The molecule has 0 N–H and O–H groups in total. The maximum atomic E-state index is 12.6. The third-order valence-corrected chi connectivity index (χ3v) is 5.75. The molecule has 134 valence electrons. The third kappa shape index (κ3) is 5.22. The van der Waals surface area contributed by atoms with Gasteiger partial charge < -0.3 is 4.90 Å². The highest BCUT2D eigenvalue weighted by Gasteiger charge is 2.22. The number of aryl methyl sites for hydroxylation is 1. The lowest BCUT2D eigenvalue weighted by Gasteiger charge is -2.25. The van der Waals surface area contributed by atoms with E-state index >= 15 is 0 Å². The summed E-state index contributed by atoms with van der Waals surface area (Å²) in [6, 6.07) is 0. The van der Waals surface area contributed by atoms with Gasteiger partial charge in [0.15, 0.2) is 0 Å². The smallest absolute Gasteiger partial charge is 0.236 e. The Morgan fingerprint density at radius 3 is 2.38 bits per heavy atom. The van der Waals surface area contributed by atoms with E-state index in [1.54, 1.807) is 11.3 Å². The van der Waals surface area contributed by atoms with E-state index in [0.717, 1.165) is 62.2 Å². The molecule has 24 heavy (non-hydrogen) atoms. The van der Waals surface area contributed by atoms with Gasteiger partial charge in [0.05, 0.1) is 13.1 Å². The van der Waals surface area contributed by atoms with Crippen LogP contribution < -0.4 is 0 Å². The summed E-state index contributed by atoms with van der Waals surface area (Å²) < 4.78 is 0. The molecule has 1 aromatic rings. The lowest BCUT2D eigenvalue weighted by atomic mass is 10.2. The molecule has 0 spiro atoms. The van der Waals surface area contributed by atoms with Crippen molar-refractivity contribution in [2.45, 2.75) is 45.6 Å². The second-order valence-corrected chi connectivity index (χ2v) is 8.18. The summed E-state index contributed by atoms with van der Waals surface area (Å²) in [4.78, 5) is 19.5. The molecule has 1 amide bonds. The molecule has 0 atom stereocenters. The standard InChI is InChI=1S/C17H29N5OS/c1-15-18-19-16(24-15)13-21-9-6-10-22(12-11-21)17(23)14-20-7-4-2-3-5-8-20/h2-14H2,1H3. The minimum atomic E-state index is 0.311. The number of likely N-dealkylation sites (tertiary alicyclic amines) is 1. The quantitative estimate of drug-likeness (QED) is 0.827. The monoisotopic (exact) mass is 351 g/mol. The molecule has 2 fully saturated rings. The first-order valence-corrected chi connectivity index (χ1v) is 10.0. The van der Waals surface area contributed by atoms with E-state index in [1.807, 2.05) is 6.92 Å². The molecule has 2 aliphatic rings. The minimum Gasteiger partial charge on any atom is -0.340 e. The number of aromatic nitrogens is 2. The van der Waals surface area contributed by atoms with Crippen LogP contribution in [0.15, 0.2) is 0 Å². The van der Waals surface area contributed by atoms with Crippen molar-refractivity contribution in [2.75, 3.05) is 45.8 Å². The fourth-order valence-corrected chi connectivity index (χ4v) is 4.31. The molecule has 0 aliphatic carbocycles. The second-order valence-electron chi connectivity index (χ2n) is 6.92. The van der Waals surface area contributed by atoms with Gasteiger partial charge in [-0.3, -0.25) is 14.6 Å². The first kappa shape index (κ1) is 17.8. The molecule has 2 saturated heterocycles. The predicted octanol–water partition coefficient (Wildman–Crippen LogP) is 1.76. The van der Waals surface area contributed by atoms with Gasteiger partial charge in [-0.1, -0.05) is 12.8 Å². The van der Waals surface area contributed by atoms with Crippen LogP contribution in [0.2, 0.25) is 0 Å². The van der Waals surface area contributed by atoms with Crippen molar-refractivity contribution in [3.05, 3.63) is 10.0 Å². The zero-order chi connectivity index (χ0) is 16.8. The van der Waals surface area contributed by atoms with Crippen LogP contribution in [0.1, 0.15) is 42.1 Å². The number of nitrogens with zero attached hydrogens (tertiary/aromatic N) is 5. The molecule has 2 aliphatic heterocycles. The Hall–Kier alpha value is -1.05. The van der Waals surface area contributed by atoms with Gasteiger partial charge in [0.2, 0.25) is 5.91 Å². The van der Waals surface area contributed by atoms with Crippen LogP contribution in [0.5, 0.6) is 0 Å². The van der Waals surface area contributed by atoms with Crippen molar-refractivity contribution in [1.29, 1.82) is 0 Å². The Bertz CT molecular complexity index is 527. The molecule has 0 aromatic carbocycles. The summed E-state index contributed by atoms with van der Waals surface area (Å²) in [6.45, 7) is 9.32. The molecular weight excluding hydrogens is 322 g/mol. The van der Waals surface area contributed by atoms with Gasteiger partial charge in [-0.15, -0.1) is 21.5 Å². The molecule has 0 unspecified atom stereocenters. The molecule has 0 radical (unpaired) electrons. The SMILES string of the molecule is Cc1nnc(CN2CCCN(C(=O)CN3CCCCCC3)CC2)s1. The first-order chi connectivity index (χ1) is 11.7. The zero-order valence-corrected chi connectivity index (χ0v) is 15.6. The van der Waals surface area contributed by atoms with Crippen molar-refractivity contribution < 1.29 is 4.79 Å². The number of hydrogen-bond acceptors (Lipinski definition) is 6. The molecule has 6 nitrogen and oxygen atoms in total. The van der Waals surface area contributed by atoms with E-state index in [4.69, 9.17) is 0 Å². The van der Waals surface area contributed by atoms with Crippen LogP contribution >= 0.6 is 11.3 Å². The summed E-state index contributed by atoms with van der Waals surface area (Å²) in [7, 11) is 0. The number of amides is 1. The van der Waals surface area contributed by atoms with Crippen LogP contribution in [0.4, 0.5) is 0 Å². The summed E-state index contributed by atoms with van der Waals surface area (Å²) in [5.74, 6) is 0.311. The van der Waals surface area contributed by atoms with Crippen LogP contribution in [-0.2, 0) is 11.3 Å². The first-order valence-electron chi connectivity index (χ1n) is 9.22. The molecule has 0 saturated carbocycles. The Kier molecular flexibility index (Phi) is 6.57. The van der Waals surface area contributed by atoms with Crippen molar-refractivity contribution in [2.24, 2.45) is 0 Å². The minimum absolute atomic E-state index is 0.311. The van der Waals surface area contributed by atoms with Gasteiger partial charge in [0.25, 0.3) is 0 Å². The molecule has 7 heteroatoms. The van der Waals surface area contributed by atoms with E-state index in [-0.39, 0.29) is 0 Å². The molecule has 3 rings (SSSR count). The van der Waals surface area contributed by atoms with Crippen LogP contribution in [-0.4, -0.2) is 76.6 Å². The maximum absolute atomic E-state index is 12.6. The third-order valence-electron chi connectivity index (χ3n) is 4.93. The number of carbonyl (C=O) groups excluding carboxylic acids is 1. The van der Waals surface area contributed by atoms with Gasteiger partial charge in [-0.2, -0.15) is 0 Å². The van der Waals surface area contributed by atoms with Crippen molar-refractivity contribution in [3.63, 3.8) is 0 Å². The average Bonchev–Trinajstić information content (AvgIpc) is 2.77. The zero-order valence-electron chi connectivity index (χ0n) is 14.7. The molecule has 3 heterocycles. The van der Waals surface area contributed by atoms with Gasteiger partial charge in [-0.25, -0.2) is 0 Å². The Morgan fingerprint density at radius 1 is 0.917 bits per heavy atom. The van der Waals surface area contributed by atoms with E-state index < -0.39 is 0 Å². The van der Waals surface area contributed by atoms with Crippen molar-refractivity contribution >= 4 is 17.2 Å². The summed E-state index contributed by atoms with van der Waals surface area (Å²) >= 11 is 1.67. The normalized spacial score (nSPS) is 21.5. The van der Waals surface area contributed by atoms with E-state index in [0.29, 0.717) is 12.5 Å². The van der Waals surface area contributed by atoms with Crippen molar-refractivity contribution in [1.82, 2.24) is 24.9 Å². The highest BCUT2D eigenvalue weighted by Crippen LogP contribution is 2.14. The molecular formula is C17H29N5OS. The lowest BCUT2D eigenvalue weighted by molar-refractivity contribution is -0.132. The van der Waals surface area contributed by atoms with Gasteiger partial charge >= 0.3 is 0 Å². The second kappa shape index (κ2) is 8.87. The number of carbonyl (C=O) groups is 1. The van der Waals surface area contributed by atoms with Crippen LogP contribution in [0.3, 0.4) is 0 Å². The summed E-state index contributed by atoms with van der Waals surface area (Å²) in [5.41, 5.74) is 0. The maximum Gasteiger partial charge on any atom is 0.236 e. The number of rotatable bonds is 4. The topological polar surface area (TPSA) is 52.6 Å². The van der Waals surface area contributed by atoms with Crippen LogP contribution in [0.25, 0.3) is 0 Å². The van der Waals surface area contributed by atoms with E-state index in [2.05, 4.69) is 24.9 Å². The van der Waals surface area contributed by atoms with Gasteiger partial charge in [0, 0.05) is 26.2 Å². The van der Waals surface area contributed by atoms with Crippen LogP contribution in [0, 0.1) is 6.92 Å². The molecule has 1 aromatic heterocycles. The Labute approximate surface area is 148 Å². The summed E-state index contributed by atoms with van der Waals surface area (Å²) in [6.07, 6.45) is 6.15. The number of hydrogen-bond donors (Lipinski definition) is 0. The van der Waals surface area contributed by atoms with Gasteiger partial charge in [-0.05, 0) is 39.3 Å². The Morgan fingerprint density at radius 2 is 1.67 bits per heavy atom. The largest absolute Gasteiger partial charge is 0.340 e.